The van der Waals surface area contributed by atoms with E-state index in [1.54, 1.807) is 18.2 Å². The quantitative estimate of drug-likeness (QED) is 0.658. The molecule has 0 saturated heterocycles. The summed E-state index contributed by atoms with van der Waals surface area (Å²) >= 11 is 3.33. The van der Waals surface area contributed by atoms with E-state index in [-0.39, 0.29) is 17.6 Å². The molecule has 1 aromatic carbocycles. The Morgan fingerprint density at radius 1 is 1.35 bits per heavy atom. The summed E-state index contributed by atoms with van der Waals surface area (Å²) in [4.78, 5) is 12.0. The molecule has 0 spiro atoms. The molecule has 2 N–H and O–H groups in total. The summed E-state index contributed by atoms with van der Waals surface area (Å²) in [6, 6.07) is 5.09. The van der Waals surface area contributed by atoms with Gasteiger partial charge in [0, 0.05) is 16.0 Å². The highest BCUT2D eigenvalue weighted by molar-refractivity contribution is 9.10. The number of carbonyl (C=O) groups excluding carboxylic acids is 1. The maximum atomic E-state index is 12.0. The van der Waals surface area contributed by atoms with Gasteiger partial charge in [-0.15, -0.1) is 0 Å². The number of hydrogen-bond acceptors (Lipinski definition) is 3. The van der Waals surface area contributed by atoms with Crippen LogP contribution in [0.1, 0.15) is 31.2 Å². The van der Waals surface area contributed by atoms with Crippen molar-refractivity contribution in [1.29, 1.82) is 0 Å². The maximum Gasteiger partial charge on any atom is 0.243 e. The van der Waals surface area contributed by atoms with Gasteiger partial charge in [0.2, 0.25) is 5.91 Å². The zero-order valence-corrected chi connectivity index (χ0v) is 12.6. The fourth-order valence-corrected chi connectivity index (χ4v) is 3.63. The molecule has 20 heavy (non-hydrogen) atoms. The highest BCUT2D eigenvalue weighted by atomic mass is 79.9. The van der Waals surface area contributed by atoms with Crippen molar-refractivity contribution in [2.45, 2.75) is 25.7 Å². The number of amides is 1. The van der Waals surface area contributed by atoms with Crippen molar-refractivity contribution < 1.29 is 9.90 Å². The third kappa shape index (κ3) is 2.73. The lowest BCUT2D eigenvalue weighted by Gasteiger charge is -2.04. The first-order valence-corrected chi connectivity index (χ1v) is 7.77. The minimum absolute atomic E-state index is 0.0210. The average Bonchev–Trinajstić information content (AvgIpc) is 3.17. The summed E-state index contributed by atoms with van der Waals surface area (Å²) < 4.78 is 0.858. The molecule has 3 rings (SSSR count). The van der Waals surface area contributed by atoms with Gasteiger partial charge in [-0.2, -0.15) is 5.10 Å². The van der Waals surface area contributed by atoms with Crippen LogP contribution in [0.4, 0.5) is 0 Å². The van der Waals surface area contributed by atoms with Crippen LogP contribution in [0.3, 0.4) is 0 Å². The lowest BCUT2D eigenvalue weighted by Crippen LogP contribution is -2.20. The van der Waals surface area contributed by atoms with Crippen LogP contribution in [-0.2, 0) is 4.79 Å². The van der Waals surface area contributed by atoms with Crippen LogP contribution in [-0.4, -0.2) is 17.2 Å². The number of rotatable bonds is 3. The number of phenols is 1. The van der Waals surface area contributed by atoms with Crippen LogP contribution >= 0.6 is 15.9 Å². The molecule has 0 aliphatic heterocycles. The number of phenolic OH excluding ortho intramolecular Hbond substituents is 1. The van der Waals surface area contributed by atoms with Gasteiger partial charge in [0.05, 0.1) is 6.21 Å². The molecule has 3 atom stereocenters. The van der Waals surface area contributed by atoms with E-state index >= 15 is 0 Å². The summed E-state index contributed by atoms with van der Waals surface area (Å²) in [5.41, 5.74) is 3.18. The van der Waals surface area contributed by atoms with E-state index in [1.165, 1.54) is 31.9 Å². The summed E-state index contributed by atoms with van der Waals surface area (Å²) in [5.74, 6) is 1.49. The molecule has 1 amide bonds. The minimum atomic E-state index is 0.0210. The van der Waals surface area contributed by atoms with Crippen LogP contribution in [0, 0.1) is 17.8 Å². The molecule has 0 aromatic heterocycles. The van der Waals surface area contributed by atoms with E-state index in [1.807, 2.05) is 0 Å². The van der Waals surface area contributed by atoms with Gasteiger partial charge >= 0.3 is 0 Å². The van der Waals surface area contributed by atoms with Gasteiger partial charge < -0.3 is 5.11 Å². The van der Waals surface area contributed by atoms with E-state index in [9.17, 15) is 9.90 Å². The summed E-state index contributed by atoms with van der Waals surface area (Å²) in [7, 11) is 0. The Balaban J connectivity index is 1.58. The molecule has 2 aliphatic carbocycles. The molecule has 0 radical (unpaired) electrons. The van der Waals surface area contributed by atoms with Crippen molar-refractivity contribution in [3.05, 3.63) is 28.2 Å². The van der Waals surface area contributed by atoms with Crippen LogP contribution in [0.25, 0.3) is 0 Å². The molecule has 2 fully saturated rings. The molecule has 106 valence electrons. The van der Waals surface area contributed by atoms with E-state index in [0.29, 0.717) is 17.4 Å². The van der Waals surface area contributed by atoms with Crippen LogP contribution in [0.15, 0.2) is 27.8 Å². The standard InChI is InChI=1S/C15H17BrN2O2/c16-10-5-6-13(19)9(7-10)8-17-18-15(20)14-11-3-1-2-4-12(11)14/h5-8,11-12,14,19H,1-4H2,(H,18,20)/b17-8-/t11-,12+,14?. The summed E-state index contributed by atoms with van der Waals surface area (Å²) in [6.45, 7) is 0. The van der Waals surface area contributed by atoms with Crippen molar-refractivity contribution in [3.8, 4) is 5.75 Å². The Bertz CT molecular complexity index is 547. The fraction of sp³-hybridized carbons (Fsp3) is 0.467. The van der Waals surface area contributed by atoms with Gasteiger partial charge in [-0.3, -0.25) is 4.79 Å². The van der Waals surface area contributed by atoms with Crippen LogP contribution in [0.5, 0.6) is 5.75 Å². The van der Waals surface area contributed by atoms with Crippen molar-refractivity contribution >= 4 is 28.1 Å². The molecule has 4 nitrogen and oxygen atoms in total. The van der Waals surface area contributed by atoms with Crippen molar-refractivity contribution in [2.24, 2.45) is 22.9 Å². The van der Waals surface area contributed by atoms with Gasteiger partial charge in [-0.1, -0.05) is 28.8 Å². The normalized spacial score (nSPS) is 28.1. The molecule has 1 aromatic rings. The molecule has 2 aliphatic rings. The van der Waals surface area contributed by atoms with Crippen molar-refractivity contribution in [2.75, 3.05) is 0 Å². The van der Waals surface area contributed by atoms with Crippen molar-refractivity contribution in [3.63, 3.8) is 0 Å². The number of nitrogens with one attached hydrogen (secondary N) is 1. The number of halogens is 1. The number of aromatic hydroxyl groups is 1. The van der Waals surface area contributed by atoms with E-state index in [0.717, 1.165) is 4.47 Å². The fourth-order valence-electron chi connectivity index (χ4n) is 3.25. The van der Waals surface area contributed by atoms with E-state index < -0.39 is 0 Å². The SMILES string of the molecule is O=C(N/N=C\c1cc(Br)ccc1O)C1[C@H]2CCCC[C@@H]12. The Kier molecular flexibility index (Phi) is 3.78. The highest BCUT2D eigenvalue weighted by Crippen LogP contribution is 2.55. The lowest BCUT2D eigenvalue weighted by molar-refractivity contribution is -0.122. The zero-order chi connectivity index (χ0) is 14.1. The third-order valence-corrected chi connectivity index (χ3v) is 4.82. The Hall–Kier alpha value is -1.36. The number of carbonyl (C=O) groups is 1. The number of benzene rings is 1. The topological polar surface area (TPSA) is 61.7 Å². The van der Waals surface area contributed by atoms with E-state index in [4.69, 9.17) is 0 Å². The molecule has 1 unspecified atom stereocenters. The monoisotopic (exact) mass is 336 g/mol. The van der Waals surface area contributed by atoms with Crippen LogP contribution < -0.4 is 5.43 Å². The van der Waals surface area contributed by atoms with Gasteiger partial charge in [0.25, 0.3) is 0 Å². The lowest BCUT2D eigenvalue weighted by atomic mass is 10.0. The van der Waals surface area contributed by atoms with Gasteiger partial charge in [0.15, 0.2) is 0 Å². The van der Waals surface area contributed by atoms with Gasteiger partial charge in [-0.25, -0.2) is 5.43 Å². The predicted octanol–water partition coefficient (Wildman–Crippen LogP) is 3.04. The Morgan fingerprint density at radius 2 is 2.05 bits per heavy atom. The Morgan fingerprint density at radius 3 is 2.75 bits per heavy atom. The van der Waals surface area contributed by atoms with Crippen LogP contribution in [0.2, 0.25) is 0 Å². The zero-order valence-electron chi connectivity index (χ0n) is 11.1. The number of nitrogens with zero attached hydrogens (tertiary/aromatic N) is 1. The predicted molar refractivity (Wildman–Crippen MR) is 80.5 cm³/mol. The molecular weight excluding hydrogens is 320 g/mol. The minimum Gasteiger partial charge on any atom is -0.507 e. The first kappa shape index (κ1) is 13.6. The molecule has 0 bridgehead atoms. The molecular formula is C15H17BrN2O2. The number of hydrazone groups is 1. The third-order valence-electron chi connectivity index (χ3n) is 4.33. The first-order chi connectivity index (χ1) is 9.66. The molecule has 5 heteroatoms. The van der Waals surface area contributed by atoms with E-state index in [2.05, 4.69) is 26.5 Å². The first-order valence-electron chi connectivity index (χ1n) is 6.98. The van der Waals surface area contributed by atoms with Gasteiger partial charge in [0.1, 0.15) is 5.75 Å². The second kappa shape index (κ2) is 5.56. The highest BCUT2D eigenvalue weighted by Gasteiger charge is 2.54. The van der Waals surface area contributed by atoms with Crippen molar-refractivity contribution in [1.82, 2.24) is 5.43 Å². The second-order valence-corrected chi connectivity index (χ2v) is 6.49. The average molecular weight is 337 g/mol. The largest absolute Gasteiger partial charge is 0.507 e. The number of fused-ring (bicyclic) bond motifs is 1. The molecule has 2 saturated carbocycles. The smallest absolute Gasteiger partial charge is 0.243 e. The summed E-state index contributed by atoms with van der Waals surface area (Å²) in [5, 5.41) is 13.6. The molecule has 0 heterocycles. The number of hydrogen-bond donors (Lipinski definition) is 2. The summed E-state index contributed by atoms with van der Waals surface area (Å²) in [6.07, 6.45) is 6.34. The maximum absolute atomic E-state index is 12.0. The Labute approximate surface area is 126 Å². The van der Waals surface area contributed by atoms with Gasteiger partial charge in [-0.05, 0) is 42.9 Å². The second-order valence-electron chi connectivity index (χ2n) is 5.58.